The first kappa shape index (κ1) is 21.5. The van der Waals surface area contributed by atoms with E-state index in [1.807, 2.05) is 20.8 Å². The van der Waals surface area contributed by atoms with Crippen LogP contribution in [-0.2, 0) is 14.8 Å². The summed E-state index contributed by atoms with van der Waals surface area (Å²) < 4.78 is 38.8. The molecule has 8 nitrogen and oxygen atoms in total. The standard InChI is InChI=1S/C18H29N3O5S/c1-12(2)18(4,11-19)20-17(22)13(3)21-27(23,24)14-6-7-15-16(10-14)26-9-5-8-25-15/h6-7,10,12-13,21H,5,8-9,11,19H2,1-4H3,(H,20,22). The van der Waals surface area contributed by atoms with Crippen LogP contribution in [0.15, 0.2) is 23.1 Å². The molecule has 2 atom stereocenters. The normalized spacial score (nSPS) is 17.7. The Morgan fingerprint density at radius 2 is 1.85 bits per heavy atom. The van der Waals surface area contributed by atoms with Crippen LogP contribution in [0.2, 0.25) is 0 Å². The first-order valence-electron chi connectivity index (χ1n) is 9.03. The summed E-state index contributed by atoms with van der Waals surface area (Å²) in [5, 5.41) is 2.84. The summed E-state index contributed by atoms with van der Waals surface area (Å²) in [6.45, 7) is 8.44. The van der Waals surface area contributed by atoms with Crippen molar-refractivity contribution in [1.29, 1.82) is 0 Å². The Kier molecular flexibility index (Phi) is 6.72. The molecule has 2 unspecified atom stereocenters. The second-order valence-corrected chi connectivity index (χ2v) is 8.98. The Hall–Kier alpha value is -1.84. The van der Waals surface area contributed by atoms with Crippen molar-refractivity contribution in [2.75, 3.05) is 19.8 Å². The molecule has 27 heavy (non-hydrogen) atoms. The summed E-state index contributed by atoms with van der Waals surface area (Å²) in [6.07, 6.45) is 0.724. The molecule has 152 valence electrons. The Morgan fingerprint density at radius 1 is 1.22 bits per heavy atom. The van der Waals surface area contributed by atoms with Gasteiger partial charge in [0.1, 0.15) is 0 Å². The number of carbonyl (C=O) groups is 1. The molecule has 0 radical (unpaired) electrons. The highest BCUT2D eigenvalue weighted by Crippen LogP contribution is 2.31. The minimum Gasteiger partial charge on any atom is -0.490 e. The van der Waals surface area contributed by atoms with Gasteiger partial charge in [-0.2, -0.15) is 4.72 Å². The van der Waals surface area contributed by atoms with Gasteiger partial charge >= 0.3 is 0 Å². The van der Waals surface area contributed by atoms with E-state index in [9.17, 15) is 13.2 Å². The Bertz CT molecular complexity index is 781. The number of sulfonamides is 1. The molecule has 1 aromatic rings. The number of benzene rings is 1. The third kappa shape index (κ3) is 5.12. The average Bonchev–Trinajstić information content (AvgIpc) is 2.85. The molecule has 1 aliphatic rings. The molecule has 9 heteroatoms. The van der Waals surface area contributed by atoms with Gasteiger partial charge in [-0.25, -0.2) is 8.42 Å². The zero-order valence-corrected chi connectivity index (χ0v) is 17.1. The van der Waals surface area contributed by atoms with Crippen LogP contribution in [0.5, 0.6) is 11.5 Å². The third-order valence-electron chi connectivity index (χ3n) is 4.86. The van der Waals surface area contributed by atoms with Crippen LogP contribution < -0.4 is 25.2 Å². The van der Waals surface area contributed by atoms with E-state index in [4.69, 9.17) is 15.2 Å². The highest BCUT2D eigenvalue weighted by molar-refractivity contribution is 7.89. The van der Waals surface area contributed by atoms with E-state index in [2.05, 4.69) is 10.0 Å². The van der Waals surface area contributed by atoms with Crippen molar-refractivity contribution in [1.82, 2.24) is 10.0 Å². The molecule has 1 heterocycles. The monoisotopic (exact) mass is 399 g/mol. The van der Waals surface area contributed by atoms with Gasteiger partial charge in [0.15, 0.2) is 11.5 Å². The highest BCUT2D eigenvalue weighted by Gasteiger charge is 2.32. The fourth-order valence-corrected chi connectivity index (χ4v) is 3.70. The maximum Gasteiger partial charge on any atom is 0.241 e. The fraction of sp³-hybridized carbons (Fsp3) is 0.611. The van der Waals surface area contributed by atoms with Crippen molar-refractivity contribution in [3.8, 4) is 11.5 Å². The lowest BCUT2D eigenvalue weighted by molar-refractivity contribution is -0.124. The molecule has 1 aliphatic heterocycles. The molecular formula is C18H29N3O5S. The summed E-state index contributed by atoms with van der Waals surface area (Å²) in [4.78, 5) is 12.5. The van der Waals surface area contributed by atoms with Gasteiger partial charge in [0, 0.05) is 19.0 Å². The van der Waals surface area contributed by atoms with Crippen LogP contribution >= 0.6 is 0 Å². The van der Waals surface area contributed by atoms with Crippen LogP contribution in [0.4, 0.5) is 0 Å². The maximum absolute atomic E-state index is 12.7. The number of hydrogen-bond donors (Lipinski definition) is 3. The summed E-state index contributed by atoms with van der Waals surface area (Å²) in [7, 11) is -3.91. The molecule has 0 fully saturated rings. The van der Waals surface area contributed by atoms with E-state index >= 15 is 0 Å². The molecule has 0 saturated heterocycles. The maximum atomic E-state index is 12.7. The molecule has 2 rings (SSSR count). The predicted octanol–water partition coefficient (Wildman–Crippen LogP) is 1.00. The zero-order chi connectivity index (χ0) is 20.2. The van der Waals surface area contributed by atoms with E-state index in [1.165, 1.54) is 19.1 Å². The summed E-state index contributed by atoms with van der Waals surface area (Å²) in [6, 6.07) is 3.43. The number of ether oxygens (including phenoxy) is 2. The Balaban J connectivity index is 2.13. The van der Waals surface area contributed by atoms with Gasteiger partial charge in [-0.3, -0.25) is 4.79 Å². The topological polar surface area (TPSA) is 120 Å². The summed E-state index contributed by atoms with van der Waals surface area (Å²) >= 11 is 0. The summed E-state index contributed by atoms with van der Waals surface area (Å²) in [5.74, 6) is 0.544. The van der Waals surface area contributed by atoms with Gasteiger partial charge in [0.05, 0.1) is 29.7 Å². The molecule has 1 amide bonds. The molecule has 0 aliphatic carbocycles. The van der Waals surface area contributed by atoms with Crippen molar-refractivity contribution in [3.05, 3.63) is 18.2 Å². The molecule has 0 saturated carbocycles. The zero-order valence-electron chi connectivity index (χ0n) is 16.2. The lowest BCUT2D eigenvalue weighted by Crippen LogP contribution is -2.59. The molecular weight excluding hydrogens is 370 g/mol. The second-order valence-electron chi connectivity index (χ2n) is 7.27. The smallest absolute Gasteiger partial charge is 0.241 e. The SMILES string of the molecule is CC(NS(=O)(=O)c1ccc2c(c1)OCCCO2)C(=O)NC(C)(CN)C(C)C. The van der Waals surface area contributed by atoms with Crippen molar-refractivity contribution in [2.45, 2.75) is 50.6 Å². The van der Waals surface area contributed by atoms with Gasteiger partial charge in [-0.05, 0) is 31.9 Å². The average molecular weight is 400 g/mol. The van der Waals surface area contributed by atoms with Crippen molar-refractivity contribution in [2.24, 2.45) is 11.7 Å². The molecule has 0 bridgehead atoms. The Morgan fingerprint density at radius 3 is 2.44 bits per heavy atom. The van der Waals surface area contributed by atoms with Crippen molar-refractivity contribution >= 4 is 15.9 Å². The first-order chi connectivity index (χ1) is 12.6. The van der Waals surface area contributed by atoms with Gasteiger partial charge in [-0.15, -0.1) is 0 Å². The van der Waals surface area contributed by atoms with Crippen LogP contribution in [0.3, 0.4) is 0 Å². The first-order valence-corrected chi connectivity index (χ1v) is 10.5. The second kappa shape index (κ2) is 8.45. The van der Waals surface area contributed by atoms with E-state index in [-0.39, 0.29) is 17.4 Å². The minimum atomic E-state index is -3.91. The Labute approximate surface area is 160 Å². The number of nitrogens with two attached hydrogens (primary N) is 1. The minimum absolute atomic E-state index is 0.0110. The van der Waals surface area contributed by atoms with Gasteiger partial charge in [-0.1, -0.05) is 13.8 Å². The van der Waals surface area contributed by atoms with Crippen molar-refractivity contribution < 1.29 is 22.7 Å². The number of fused-ring (bicyclic) bond motifs is 1. The fourth-order valence-electron chi connectivity index (χ4n) is 2.49. The third-order valence-corrected chi connectivity index (χ3v) is 6.40. The van der Waals surface area contributed by atoms with Crippen molar-refractivity contribution in [3.63, 3.8) is 0 Å². The number of carbonyl (C=O) groups excluding carboxylic acids is 1. The van der Waals surface area contributed by atoms with Crippen LogP contribution in [-0.4, -0.2) is 45.7 Å². The largest absolute Gasteiger partial charge is 0.490 e. The molecule has 4 N–H and O–H groups in total. The van der Waals surface area contributed by atoms with Crippen LogP contribution in [0.1, 0.15) is 34.1 Å². The highest BCUT2D eigenvalue weighted by atomic mass is 32.2. The van der Waals surface area contributed by atoms with Crippen LogP contribution in [0, 0.1) is 5.92 Å². The molecule has 1 aromatic carbocycles. The number of hydrogen-bond acceptors (Lipinski definition) is 6. The van der Waals surface area contributed by atoms with E-state index in [0.29, 0.717) is 24.7 Å². The van der Waals surface area contributed by atoms with Crippen LogP contribution in [0.25, 0.3) is 0 Å². The molecule has 0 spiro atoms. The van der Waals surface area contributed by atoms with Gasteiger partial charge < -0.3 is 20.5 Å². The quantitative estimate of drug-likeness (QED) is 0.629. The number of nitrogens with one attached hydrogen (secondary N) is 2. The lowest BCUT2D eigenvalue weighted by atomic mass is 9.88. The number of amides is 1. The van der Waals surface area contributed by atoms with E-state index < -0.39 is 27.5 Å². The molecule has 0 aromatic heterocycles. The summed E-state index contributed by atoms with van der Waals surface area (Å²) in [5.41, 5.74) is 5.15. The number of rotatable bonds is 7. The lowest BCUT2D eigenvalue weighted by Gasteiger charge is -2.34. The van der Waals surface area contributed by atoms with E-state index in [1.54, 1.807) is 6.07 Å². The van der Waals surface area contributed by atoms with E-state index in [0.717, 1.165) is 6.42 Å². The predicted molar refractivity (Wildman–Crippen MR) is 102 cm³/mol. The van der Waals surface area contributed by atoms with Gasteiger partial charge in [0.25, 0.3) is 0 Å². The van der Waals surface area contributed by atoms with Gasteiger partial charge in [0.2, 0.25) is 15.9 Å².